The molecule has 2 aromatic heterocycles. The van der Waals surface area contributed by atoms with Crippen LogP contribution in [0.25, 0.3) is 55.5 Å². The molecule has 0 spiro atoms. The van der Waals surface area contributed by atoms with Gasteiger partial charge in [0, 0.05) is 34.8 Å². The van der Waals surface area contributed by atoms with Crippen LogP contribution in [0.4, 0.5) is 11.4 Å². The van der Waals surface area contributed by atoms with Gasteiger partial charge in [0.15, 0.2) is 5.58 Å². The molecule has 0 radical (unpaired) electrons. The first-order valence-corrected chi connectivity index (χ1v) is 16.0. The maximum Gasteiger partial charge on any atom is 0.202 e. The molecule has 0 saturated heterocycles. The number of rotatable bonds is 4. The lowest BCUT2D eigenvalue weighted by atomic mass is 9.97. The average Bonchev–Trinajstić information content (AvgIpc) is 3.49. The van der Waals surface area contributed by atoms with Gasteiger partial charge in [-0.15, -0.1) is 0 Å². The number of aryl methyl sites for hydroxylation is 1. The summed E-state index contributed by atoms with van der Waals surface area (Å²) in [5, 5.41) is 8.11. The van der Waals surface area contributed by atoms with E-state index in [1.807, 2.05) is 30.5 Å². The predicted octanol–water partition coefficient (Wildman–Crippen LogP) is 10.4. The fraction of sp³-hybridized carbons (Fsp3) is 0.0714. The Labute approximate surface area is 272 Å². The van der Waals surface area contributed by atoms with Crippen LogP contribution < -0.4 is 15.0 Å². The molecule has 5 aromatic carbocycles. The van der Waals surface area contributed by atoms with E-state index >= 15 is 0 Å². The first-order chi connectivity index (χ1) is 23.2. The number of hydrogen-bond acceptors (Lipinski definition) is 5. The molecule has 0 bridgehead atoms. The van der Waals surface area contributed by atoms with Gasteiger partial charge < -0.3 is 14.5 Å². The number of nitrogens with one attached hydrogen (secondary N) is 1. The van der Waals surface area contributed by atoms with Crippen molar-refractivity contribution < 1.29 is 9.15 Å². The van der Waals surface area contributed by atoms with E-state index in [2.05, 4.69) is 120 Å². The Morgan fingerprint density at radius 3 is 2.53 bits per heavy atom. The van der Waals surface area contributed by atoms with Crippen molar-refractivity contribution in [3.63, 3.8) is 0 Å². The highest BCUT2D eigenvalue weighted by atomic mass is 16.5. The monoisotopic (exact) mass is 609 g/mol. The molecule has 0 atom stereocenters. The molecular weight excluding hydrogens is 578 g/mol. The summed E-state index contributed by atoms with van der Waals surface area (Å²) in [5.74, 6) is 2.28. The van der Waals surface area contributed by atoms with Crippen LogP contribution in [0.2, 0.25) is 0 Å². The molecule has 0 unspecified atom stereocenters. The minimum atomic E-state index is 0.539. The Bertz CT molecular complexity index is 2430. The van der Waals surface area contributed by atoms with Gasteiger partial charge in [0.25, 0.3) is 0 Å². The van der Waals surface area contributed by atoms with Crippen LogP contribution in [0, 0.1) is 0 Å². The predicted molar refractivity (Wildman–Crippen MR) is 193 cm³/mol. The molecule has 226 valence electrons. The fourth-order valence-electron chi connectivity index (χ4n) is 6.80. The number of nitrogens with zero attached hydrogens (tertiary/aromatic N) is 2. The first-order valence-electron chi connectivity index (χ1n) is 16.0. The number of anilines is 2. The second kappa shape index (κ2) is 11.1. The molecular formula is C42H31N3O2. The van der Waals surface area contributed by atoms with Gasteiger partial charge in [0.05, 0.1) is 17.6 Å². The maximum absolute atomic E-state index is 6.84. The van der Waals surface area contributed by atoms with Gasteiger partial charge in [0.1, 0.15) is 17.0 Å². The molecule has 3 heterocycles. The van der Waals surface area contributed by atoms with Gasteiger partial charge in [-0.1, -0.05) is 85.5 Å². The van der Waals surface area contributed by atoms with Crippen LogP contribution in [-0.2, 0) is 6.42 Å². The zero-order chi connectivity index (χ0) is 31.3. The van der Waals surface area contributed by atoms with Crippen LogP contribution in [0.5, 0.6) is 5.75 Å². The van der Waals surface area contributed by atoms with Crippen molar-refractivity contribution in [2.24, 2.45) is 0 Å². The number of benzene rings is 5. The number of allylic oxidation sites excluding steroid dienone is 1. The molecule has 1 aliphatic heterocycles. The number of hydrogen-bond donors (Lipinski definition) is 1. The van der Waals surface area contributed by atoms with E-state index in [0.29, 0.717) is 12.4 Å². The highest BCUT2D eigenvalue weighted by Crippen LogP contribution is 2.42. The lowest BCUT2D eigenvalue weighted by molar-refractivity contribution is 0.411. The van der Waals surface area contributed by atoms with Crippen molar-refractivity contribution in [3.05, 3.63) is 157 Å². The second-order valence-corrected chi connectivity index (χ2v) is 12.0. The molecule has 1 aliphatic carbocycles. The Hall–Kier alpha value is -6.07. The van der Waals surface area contributed by atoms with Gasteiger partial charge in [-0.2, -0.15) is 0 Å². The summed E-state index contributed by atoms with van der Waals surface area (Å²) < 4.78 is 13.2. The first kappa shape index (κ1) is 27.3. The van der Waals surface area contributed by atoms with Crippen molar-refractivity contribution in [1.29, 1.82) is 0 Å². The molecule has 1 N–H and O–H groups in total. The van der Waals surface area contributed by atoms with E-state index in [1.165, 1.54) is 16.3 Å². The van der Waals surface area contributed by atoms with Crippen molar-refractivity contribution in [3.8, 4) is 16.9 Å². The Morgan fingerprint density at radius 2 is 1.60 bits per heavy atom. The Kier molecular flexibility index (Phi) is 6.42. The van der Waals surface area contributed by atoms with Crippen molar-refractivity contribution in [2.45, 2.75) is 12.8 Å². The molecule has 9 rings (SSSR count). The van der Waals surface area contributed by atoms with Gasteiger partial charge in [-0.25, -0.2) is 0 Å². The van der Waals surface area contributed by atoms with Crippen LogP contribution in [0.3, 0.4) is 0 Å². The standard InChI is InChI=1S/C42H31N3O2/c1-27-34-13-6-8-16-38(34)47-41(20-21-43-27)45(33-25-40-42(44-26-33)36-15-7-9-17-39(36)46-40)37-24-32(23-31-12-4-5-14-35(31)37)30-19-18-28-10-2-3-11-29(28)22-30/h2-6,8-14,16-20,22-26,43H,1,7,15,21H2/b41-20-. The molecule has 2 aliphatic rings. The molecule has 47 heavy (non-hydrogen) atoms. The molecule has 7 aromatic rings. The van der Waals surface area contributed by atoms with Crippen molar-refractivity contribution in [1.82, 2.24) is 10.3 Å². The van der Waals surface area contributed by atoms with E-state index < -0.39 is 0 Å². The van der Waals surface area contributed by atoms with Crippen LogP contribution in [-0.4, -0.2) is 11.5 Å². The summed E-state index contributed by atoms with van der Waals surface area (Å²) in [6, 6.07) is 38.3. The normalized spacial score (nSPS) is 15.2. The summed E-state index contributed by atoms with van der Waals surface area (Å²) in [6.45, 7) is 4.79. The molecule has 0 amide bonds. The van der Waals surface area contributed by atoms with E-state index in [4.69, 9.17) is 14.1 Å². The van der Waals surface area contributed by atoms with Gasteiger partial charge in [0.2, 0.25) is 5.88 Å². The zero-order valence-electron chi connectivity index (χ0n) is 25.7. The van der Waals surface area contributed by atoms with Crippen LogP contribution in [0.1, 0.15) is 23.3 Å². The fourth-order valence-corrected chi connectivity index (χ4v) is 6.80. The van der Waals surface area contributed by atoms with Gasteiger partial charge in [-0.05, 0) is 82.6 Å². The van der Waals surface area contributed by atoms with Crippen LogP contribution >= 0.6 is 0 Å². The van der Waals surface area contributed by atoms with Crippen molar-refractivity contribution >= 4 is 55.8 Å². The summed E-state index contributed by atoms with van der Waals surface area (Å²) in [5.41, 5.74) is 8.67. The number of fused-ring (bicyclic) bond motifs is 6. The number of pyridine rings is 1. The third kappa shape index (κ3) is 4.75. The highest BCUT2D eigenvalue weighted by molar-refractivity contribution is 6.02. The summed E-state index contributed by atoms with van der Waals surface area (Å²) >= 11 is 0. The quantitative estimate of drug-likeness (QED) is 0.215. The average molecular weight is 610 g/mol. The third-order valence-corrected chi connectivity index (χ3v) is 9.13. The molecule has 5 nitrogen and oxygen atoms in total. The minimum Gasteiger partial charge on any atom is -0.455 e. The summed E-state index contributed by atoms with van der Waals surface area (Å²) in [6.07, 6.45) is 10.1. The second-order valence-electron chi connectivity index (χ2n) is 12.0. The number of aromatic nitrogens is 1. The maximum atomic E-state index is 6.84. The number of para-hydroxylation sites is 1. The summed E-state index contributed by atoms with van der Waals surface area (Å²) in [4.78, 5) is 7.18. The number of furan rings is 1. The van der Waals surface area contributed by atoms with E-state index in [9.17, 15) is 0 Å². The van der Waals surface area contributed by atoms with E-state index in [-0.39, 0.29) is 0 Å². The zero-order valence-corrected chi connectivity index (χ0v) is 25.7. The minimum absolute atomic E-state index is 0.539. The molecule has 0 fully saturated rings. The molecule has 0 saturated carbocycles. The topological polar surface area (TPSA) is 50.5 Å². The Balaban J connectivity index is 1.28. The smallest absolute Gasteiger partial charge is 0.202 e. The van der Waals surface area contributed by atoms with Gasteiger partial charge in [-0.3, -0.25) is 9.88 Å². The SMILES string of the molecule is C=C1NC/C=C(/N(c2cnc3c4c(oc3c2)C=CCC4)c2cc(-c3ccc4ccccc4c3)cc3ccccc23)Oc2ccccc21. The lowest BCUT2D eigenvalue weighted by Crippen LogP contribution is -2.25. The van der Waals surface area contributed by atoms with E-state index in [1.54, 1.807) is 0 Å². The highest BCUT2D eigenvalue weighted by Gasteiger charge is 2.25. The third-order valence-electron chi connectivity index (χ3n) is 9.13. The molecule has 5 heteroatoms. The van der Waals surface area contributed by atoms with Crippen molar-refractivity contribution in [2.75, 3.05) is 11.4 Å². The van der Waals surface area contributed by atoms with Crippen LogP contribution in [0.15, 0.2) is 144 Å². The van der Waals surface area contributed by atoms with E-state index in [0.717, 1.165) is 80.0 Å². The van der Waals surface area contributed by atoms with Gasteiger partial charge >= 0.3 is 0 Å². The number of ether oxygens (including phenoxy) is 1. The summed E-state index contributed by atoms with van der Waals surface area (Å²) in [7, 11) is 0. The largest absolute Gasteiger partial charge is 0.455 e. The Morgan fingerprint density at radius 1 is 0.787 bits per heavy atom. The lowest BCUT2D eigenvalue weighted by Gasteiger charge is -2.30.